The van der Waals surface area contributed by atoms with Crippen LogP contribution in [0, 0.1) is 13.8 Å². The highest BCUT2D eigenvalue weighted by Crippen LogP contribution is 2.44. The molecule has 3 aromatic carbocycles. The predicted octanol–water partition coefficient (Wildman–Crippen LogP) is 6.70. The van der Waals surface area contributed by atoms with Gasteiger partial charge in [0.05, 0.1) is 23.9 Å². The molecule has 9 heteroatoms. The Bertz CT molecular complexity index is 1710. The third-order valence-electron chi connectivity index (χ3n) is 7.30. The van der Waals surface area contributed by atoms with Gasteiger partial charge in [-0.3, -0.25) is 14.5 Å². The first-order valence-electron chi connectivity index (χ1n) is 14.1. The average Bonchev–Trinajstić information content (AvgIpc) is 3.52. The molecule has 0 saturated carbocycles. The number of anilines is 1. The van der Waals surface area contributed by atoms with E-state index in [1.807, 2.05) is 61.5 Å². The molecule has 43 heavy (non-hydrogen) atoms. The number of aliphatic hydroxyl groups is 1. The first-order chi connectivity index (χ1) is 20.7. The van der Waals surface area contributed by atoms with Gasteiger partial charge in [0.2, 0.25) is 0 Å². The van der Waals surface area contributed by atoms with Gasteiger partial charge in [-0.1, -0.05) is 72.9 Å². The average molecular weight is 597 g/mol. The van der Waals surface area contributed by atoms with Gasteiger partial charge < -0.3 is 14.6 Å². The molecule has 220 valence electrons. The van der Waals surface area contributed by atoms with Crippen molar-refractivity contribution in [3.8, 4) is 5.75 Å². The van der Waals surface area contributed by atoms with E-state index in [0.717, 1.165) is 28.9 Å². The molecule has 2 heterocycles. The number of Topliss-reactive ketones (excluding diaryl/α,β-unsaturated/α-hetero) is 1. The summed E-state index contributed by atoms with van der Waals surface area (Å²) in [5.74, 6) is -1.91. The lowest BCUT2D eigenvalue weighted by Gasteiger charge is -2.23. The second-order valence-corrected chi connectivity index (χ2v) is 11.1. The lowest BCUT2D eigenvalue weighted by molar-refractivity contribution is -0.132. The topological polar surface area (TPSA) is 106 Å². The number of aromatic nitrogens is 1. The lowest BCUT2D eigenvalue weighted by atomic mass is 9.93. The van der Waals surface area contributed by atoms with Crippen molar-refractivity contribution in [2.45, 2.75) is 46.8 Å². The molecule has 1 fully saturated rings. The van der Waals surface area contributed by atoms with Gasteiger partial charge in [-0.15, -0.1) is 0 Å². The molecule has 0 aliphatic carbocycles. The molecule has 0 bridgehead atoms. The number of aliphatic hydroxyl groups excluding tert-OH is 1. The van der Waals surface area contributed by atoms with Crippen LogP contribution in [-0.2, 0) is 27.4 Å². The van der Waals surface area contributed by atoms with Gasteiger partial charge in [0.25, 0.3) is 5.78 Å². The SMILES string of the molecule is CCOC(=O)c1sc(N2C(=O)C(=O)/C(=C(/O)c3ccc(OCc4ccccc4)cc3C)[C@@H]2c2ccc(CC)cc2)nc1C. The van der Waals surface area contributed by atoms with Crippen LogP contribution in [0.15, 0.2) is 78.4 Å². The predicted molar refractivity (Wildman–Crippen MR) is 165 cm³/mol. The maximum Gasteiger partial charge on any atom is 0.350 e. The van der Waals surface area contributed by atoms with Crippen LogP contribution in [0.3, 0.4) is 0 Å². The zero-order chi connectivity index (χ0) is 30.7. The van der Waals surface area contributed by atoms with Gasteiger partial charge in [-0.25, -0.2) is 9.78 Å². The van der Waals surface area contributed by atoms with Crippen molar-refractivity contribution in [2.24, 2.45) is 0 Å². The van der Waals surface area contributed by atoms with Crippen molar-refractivity contribution in [1.29, 1.82) is 0 Å². The number of aryl methyl sites for hydroxylation is 3. The minimum atomic E-state index is -0.958. The lowest BCUT2D eigenvalue weighted by Crippen LogP contribution is -2.29. The Kier molecular flexibility index (Phi) is 8.73. The minimum absolute atomic E-state index is 0.0548. The summed E-state index contributed by atoms with van der Waals surface area (Å²) in [6, 6.07) is 21.5. The standard InChI is InChI=1S/C34H32N2O6S/c1-5-22-12-14-24(15-13-22)28-27(30(38)32(39)36(28)34-35-21(4)31(43-34)33(40)41-6-2)29(37)26-17-16-25(18-20(26)3)42-19-23-10-8-7-9-11-23/h7-18,28,37H,5-6,19H2,1-4H3/b29-27+/t28-/m0/s1. The molecule has 1 atom stereocenters. The summed E-state index contributed by atoms with van der Waals surface area (Å²) in [4.78, 5) is 45.8. The molecule has 4 aromatic rings. The molecular weight excluding hydrogens is 564 g/mol. The van der Waals surface area contributed by atoms with Gasteiger partial charge in [-0.05, 0) is 67.6 Å². The number of nitrogens with zero attached hydrogens (tertiary/aromatic N) is 2. The third kappa shape index (κ3) is 5.94. The molecule has 1 saturated heterocycles. The Hall–Kier alpha value is -4.76. The number of benzene rings is 3. The monoisotopic (exact) mass is 596 g/mol. The molecule has 0 radical (unpaired) electrons. The van der Waals surface area contributed by atoms with Crippen molar-refractivity contribution in [1.82, 2.24) is 4.98 Å². The Morgan fingerprint density at radius 3 is 2.35 bits per heavy atom. The molecule has 1 aliphatic rings. The van der Waals surface area contributed by atoms with Crippen molar-refractivity contribution >= 4 is 39.9 Å². The summed E-state index contributed by atoms with van der Waals surface area (Å²) in [6.45, 7) is 7.77. The quantitative estimate of drug-likeness (QED) is 0.0991. The fourth-order valence-corrected chi connectivity index (χ4v) is 6.02. The second kappa shape index (κ2) is 12.6. The summed E-state index contributed by atoms with van der Waals surface area (Å²) >= 11 is 0.981. The van der Waals surface area contributed by atoms with Crippen molar-refractivity contribution < 1.29 is 29.0 Å². The Balaban J connectivity index is 1.57. The van der Waals surface area contributed by atoms with E-state index in [1.54, 1.807) is 39.0 Å². The van der Waals surface area contributed by atoms with E-state index in [1.165, 1.54) is 4.90 Å². The van der Waals surface area contributed by atoms with Crippen LogP contribution in [0.1, 0.15) is 63.1 Å². The van der Waals surface area contributed by atoms with Gasteiger partial charge in [0.1, 0.15) is 23.0 Å². The normalized spacial score (nSPS) is 16.0. The van der Waals surface area contributed by atoms with Gasteiger partial charge in [0.15, 0.2) is 5.13 Å². The van der Waals surface area contributed by atoms with E-state index < -0.39 is 23.7 Å². The Morgan fingerprint density at radius 1 is 0.977 bits per heavy atom. The first kappa shape index (κ1) is 29.7. The van der Waals surface area contributed by atoms with Gasteiger partial charge in [0, 0.05) is 5.56 Å². The van der Waals surface area contributed by atoms with Crippen LogP contribution in [0.5, 0.6) is 5.75 Å². The van der Waals surface area contributed by atoms with E-state index in [4.69, 9.17) is 9.47 Å². The summed E-state index contributed by atoms with van der Waals surface area (Å²) < 4.78 is 11.1. The third-order valence-corrected chi connectivity index (χ3v) is 8.44. The number of ether oxygens (including phenoxy) is 2. The highest BCUT2D eigenvalue weighted by molar-refractivity contribution is 7.17. The number of carbonyl (C=O) groups excluding carboxylic acids is 3. The van der Waals surface area contributed by atoms with E-state index in [0.29, 0.717) is 34.7 Å². The second-order valence-electron chi connectivity index (χ2n) is 10.1. The van der Waals surface area contributed by atoms with Crippen LogP contribution in [0.4, 0.5) is 5.13 Å². The zero-order valence-electron chi connectivity index (χ0n) is 24.4. The molecule has 8 nitrogen and oxygen atoms in total. The summed E-state index contributed by atoms with van der Waals surface area (Å²) in [5, 5.41) is 11.8. The maximum atomic E-state index is 13.6. The van der Waals surface area contributed by atoms with Gasteiger partial charge in [-0.2, -0.15) is 0 Å². The molecule has 1 N–H and O–H groups in total. The molecule has 1 aromatic heterocycles. The van der Waals surface area contributed by atoms with Crippen molar-refractivity contribution in [2.75, 3.05) is 11.5 Å². The van der Waals surface area contributed by atoms with Gasteiger partial charge >= 0.3 is 11.9 Å². The number of carbonyl (C=O) groups is 3. The summed E-state index contributed by atoms with van der Waals surface area (Å²) in [7, 11) is 0. The van der Waals surface area contributed by atoms with Crippen molar-refractivity contribution in [3.63, 3.8) is 0 Å². The molecular formula is C34H32N2O6S. The van der Waals surface area contributed by atoms with E-state index in [-0.39, 0.29) is 27.9 Å². The van der Waals surface area contributed by atoms with E-state index in [2.05, 4.69) is 4.98 Å². The highest BCUT2D eigenvalue weighted by Gasteiger charge is 2.48. The maximum absolute atomic E-state index is 13.6. The van der Waals surface area contributed by atoms with Crippen LogP contribution in [-0.4, -0.2) is 34.4 Å². The number of esters is 1. The molecule has 0 spiro atoms. The van der Waals surface area contributed by atoms with Crippen LogP contribution < -0.4 is 9.64 Å². The first-order valence-corrected chi connectivity index (χ1v) is 14.9. The largest absolute Gasteiger partial charge is 0.507 e. The number of thiazole rings is 1. The van der Waals surface area contributed by atoms with Crippen molar-refractivity contribution in [3.05, 3.63) is 117 Å². The number of hydrogen-bond acceptors (Lipinski definition) is 8. The molecule has 1 aliphatic heterocycles. The van der Waals surface area contributed by atoms with Crippen LogP contribution >= 0.6 is 11.3 Å². The number of amides is 1. The van der Waals surface area contributed by atoms with Crippen LogP contribution in [0.2, 0.25) is 0 Å². The molecule has 5 rings (SSSR count). The summed E-state index contributed by atoms with van der Waals surface area (Å²) in [5.41, 5.74) is 4.14. The zero-order valence-corrected chi connectivity index (χ0v) is 25.2. The fraction of sp³-hybridized carbons (Fsp3) is 0.235. The summed E-state index contributed by atoms with van der Waals surface area (Å²) in [6.07, 6.45) is 0.812. The number of ketones is 1. The van der Waals surface area contributed by atoms with Crippen LogP contribution in [0.25, 0.3) is 5.76 Å². The van der Waals surface area contributed by atoms with E-state index in [9.17, 15) is 19.5 Å². The smallest absolute Gasteiger partial charge is 0.350 e. The Labute approximate surface area is 254 Å². The number of hydrogen-bond donors (Lipinski definition) is 1. The molecule has 1 amide bonds. The molecule has 0 unspecified atom stereocenters. The fourth-order valence-electron chi connectivity index (χ4n) is 5.03. The minimum Gasteiger partial charge on any atom is -0.507 e. The Morgan fingerprint density at radius 2 is 1.70 bits per heavy atom. The van der Waals surface area contributed by atoms with E-state index >= 15 is 0 Å². The highest BCUT2D eigenvalue weighted by atomic mass is 32.1. The number of rotatable bonds is 9.